The molecule has 0 aliphatic rings. The average Bonchev–Trinajstić information content (AvgIpc) is 3.02. The number of carbonyl (C=O) groups excluding carboxylic acids is 1. The lowest BCUT2D eigenvalue weighted by Gasteiger charge is -2.15. The smallest absolute Gasteiger partial charge is 0.337 e. The molecule has 0 bridgehead atoms. The first-order chi connectivity index (χ1) is 21.8. The fourth-order valence-corrected chi connectivity index (χ4v) is 4.85. The lowest BCUT2D eigenvalue weighted by atomic mass is 10.1. The van der Waals surface area contributed by atoms with Crippen molar-refractivity contribution in [3.63, 3.8) is 0 Å². The number of urea groups is 1. The van der Waals surface area contributed by atoms with Crippen LogP contribution >= 0.6 is 0 Å². The summed E-state index contributed by atoms with van der Waals surface area (Å²) in [5.41, 5.74) is 7.71. The molecule has 0 saturated carbocycles. The molecule has 0 aliphatic carbocycles. The predicted molar refractivity (Wildman–Crippen MR) is 167 cm³/mol. The second kappa shape index (κ2) is 14.1. The lowest BCUT2D eigenvalue weighted by molar-refractivity contribution is 0.253. The molecule has 0 aromatic heterocycles. The summed E-state index contributed by atoms with van der Waals surface area (Å²) in [6.07, 6.45) is 0. The standard InChI is InChI=1S/C28H27N7O9S2/c1-17-12-25(27(44-3)16-24(17)33-32-19-7-5-9-22(14-19)46(40,41)42)34-35-28(36)29-23-11-10-20(15-26(23)43-2)31-30-18-6-4-8-21(13-18)45(37,38)39/h4-16,34H,1-3H3,(H2,29,35,36)(H,37,38,39)(H,40,41,42). The molecule has 240 valence electrons. The lowest BCUT2D eigenvalue weighted by Crippen LogP contribution is -2.33. The highest BCUT2D eigenvalue weighted by atomic mass is 32.2. The summed E-state index contributed by atoms with van der Waals surface area (Å²) in [6, 6.07) is 17.7. The molecule has 4 rings (SSSR count). The highest BCUT2D eigenvalue weighted by Crippen LogP contribution is 2.34. The second-order valence-corrected chi connectivity index (χ2v) is 12.1. The van der Waals surface area contributed by atoms with Gasteiger partial charge in [0.2, 0.25) is 0 Å². The molecule has 0 fully saturated rings. The van der Waals surface area contributed by atoms with E-state index < -0.39 is 26.3 Å². The Morgan fingerprint density at radius 3 is 1.74 bits per heavy atom. The Hall–Kier alpha value is -5.43. The number of amides is 2. The minimum absolute atomic E-state index is 0.189. The van der Waals surface area contributed by atoms with E-state index in [1.807, 2.05) is 0 Å². The average molecular weight is 670 g/mol. The summed E-state index contributed by atoms with van der Waals surface area (Å²) in [6.45, 7) is 1.74. The van der Waals surface area contributed by atoms with Crippen LogP contribution in [0.3, 0.4) is 0 Å². The van der Waals surface area contributed by atoms with Crippen LogP contribution in [-0.2, 0) is 20.2 Å². The Morgan fingerprint density at radius 1 is 0.674 bits per heavy atom. The maximum Gasteiger partial charge on any atom is 0.337 e. The Labute approximate surface area is 263 Å². The summed E-state index contributed by atoms with van der Waals surface area (Å²) in [7, 11) is -5.98. The number of hydrogen-bond acceptors (Lipinski definition) is 12. The molecule has 0 unspecified atom stereocenters. The third kappa shape index (κ3) is 8.82. The van der Waals surface area contributed by atoms with E-state index in [1.165, 1.54) is 68.8 Å². The third-order valence-electron chi connectivity index (χ3n) is 6.05. The SMILES string of the molecule is COc1cc(N=Nc2cccc(S(=O)(=O)O)c2)c(C)cc1NNC(=O)Nc1ccc(N=Nc2cccc(S(=O)(=O)O)c2)cc1OC. The normalized spacial score (nSPS) is 11.8. The molecule has 4 aromatic rings. The van der Waals surface area contributed by atoms with Crippen molar-refractivity contribution in [2.45, 2.75) is 16.7 Å². The van der Waals surface area contributed by atoms with Crippen LogP contribution in [0.5, 0.6) is 11.5 Å². The van der Waals surface area contributed by atoms with Crippen LogP contribution in [0, 0.1) is 6.92 Å². The van der Waals surface area contributed by atoms with Crippen molar-refractivity contribution in [3.8, 4) is 11.5 Å². The van der Waals surface area contributed by atoms with Crippen LogP contribution in [0.2, 0.25) is 0 Å². The number of nitrogens with one attached hydrogen (secondary N) is 3. The van der Waals surface area contributed by atoms with Gasteiger partial charge in [-0.15, -0.1) is 0 Å². The zero-order valence-electron chi connectivity index (χ0n) is 24.4. The fraction of sp³-hybridized carbons (Fsp3) is 0.107. The monoisotopic (exact) mass is 669 g/mol. The fourth-order valence-electron chi connectivity index (χ4n) is 3.81. The maximum absolute atomic E-state index is 12.7. The second-order valence-electron chi connectivity index (χ2n) is 9.27. The van der Waals surface area contributed by atoms with Gasteiger partial charge in [-0.1, -0.05) is 12.1 Å². The van der Waals surface area contributed by atoms with Crippen LogP contribution in [0.1, 0.15) is 5.56 Å². The van der Waals surface area contributed by atoms with Gasteiger partial charge >= 0.3 is 6.03 Å². The van der Waals surface area contributed by atoms with Gasteiger partial charge in [0.1, 0.15) is 11.5 Å². The Morgan fingerprint density at radius 2 is 1.20 bits per heavy atom. The van der Waals surface area contributed by atoms with Crippen molar-refractivity contribution in [1.29, 1.82) is 0 Å². The number of carbonyl (C=O) groups is 1. The quantitative estimate of drug-likeness (QED) is 0.0662. The van der Waals surface area contributed by atoms with Gasteiger partial charge < -0.3 is 14.8 Å². The Kier molecular flexibility index (Phi) is 10.3. The number of ether oxygens (including phenoxy) is 2. The van der Waals surface area contributed by atoms with E-state index in [4.69, 9.17) is 9.47 Å². The van der Waals surface area contributed by atoms with Gasteiger partial charge in [0.05, 0.1) is 58.1 Å². The molecule has 4 aromatic carbocycles. The van der Waals surface area contributed by atoms with Gasteiger partial charge in [-0.25, -0.2) is 4.79 Å². The minimum Gasteiger partial charge on any atom is -0.494 e. The van der Waals surface area contributed by atoms with Gasteiger partial charge in [0.15, 0.2) is 0 Å². The van der Waals surface area contributed by atoms with Gasteiger partial charge in [-0.3, -0.25) is 20.0 Å². The summed E-state index contributed by atoms with van der Waals surface area (Å²) in [5.74, 6) is 0.560. The summed E-state index contributed by atoms with van der Waals surface area (Å²) < 4.78 is 74.7. The highest BCUT2D eigenvalue weighted by Gasteiger charge is 2.13. The molecule has 0 atom stereocenters. The molecule has 16 nitrogen and oxygen atoms in total. The number of aryl methyl sites for hydroxylation is 1. The number of benzene rings is 4. The van der Waals surface area contributed by atoms with Gasteiger partial charge in [0, 0.05) is 12.1 Å². The van der Waals surface area contributed by atoms with Gasteiger partial charge in [-0.05, 0) is 67.1 Å². The first-order valence-corrected chi connectivity index (χ1v) is 15.8. The summed E-state index contributed by atoms with van der Waals surface area (Å²) in [5, 5.41) is 18.8. The Bertz CT molecular complexity index is 2050. The van der Waals surface area contributed by atoms with Gasteiger partial charge in [-0.2, -0.15) is 37.3 Å². The van der Waals surface area contributed by atoms with E-state index in [2.05, 4.69) is 36.6 Å². The van der Waals surface area contributed by atoms with E-state index in [-0.39, 0.29) is 26.9 Å². The molecule has 5 N–H and O–H groups in total. The molecule has 2 amide bonds. The highest BCUT2D eigenvalue weighted by molar-refractivity contribution is 7.86. The number of nitrogens with zero attached hydrogens (tertiary/aromatic N) is 4. The van der Waals surface area contributed by atoms with Crippen LogP contribution < -0.4 is 25.6 Å². The van der Waals surface area contributed by atoms with E-state index in [1.54, 1.807) is 25.1 Å². The van der Waals surface area contributed by atoms with Crippen LogP contribution in [0.15, 0.2) is 109 Å². The number of hydrogen-bond donors (Lipinski definition) is 5. The van der Waals surface area contributed by atoms with Crippen molar-refractivity contribution in [1.82, 2.24) is 5.43 Å². The molecule has 0 radical (unpaired) electrons. The largest absolute Gasteiger partial charge is 0.494 e. The zero-order valence-corrected chi connectivity index (χ0v) is 26.0. The molecular weight excluding hydrogens is 642 g/mol. The zero-order chi connectivity index (χ0) is 33.5. The number of hydrazine groups is 1. The van der Waals surface area contributed by atoms with Crippen LogP contribution in [0.25, 0.3) is 0 Å². The molecule has 0 heterocycles. The number of methoxy groups -OCH3 is 2. The predicted octanol–water partition coefficient (Wildman–Crippen LogP) is 6.49. The van der Waals surface area contributed by atoms with E-state index in [9.17, 15) is 30.7 Å². The van der Waals surface area contributed by atoms with Crippen LogP contribution in [0.4, 0.5) is 38.9 Å². The maximum atomic E-state index is 12.7. The first-order valence-electron chi connectivity index (χ1n) is 12.9. The molecule has 0 aliphatic heterocycles. The molecule has 0 saturated heterocycles. The molecule has 46 heavy (non-hydrogen) atoms. The van der Waals surface area contributed by atoms with E-state index in [0.717, 1.165) is 6.07 Å². The van der Waals surface area contributed by atoms with Crippen molar-refractivity contribution < 1.29 is 40.2 Å². The summed E-state index contributed by atoms with van der Waals surface area (Å²) in [4.78, 5) is 12.0. The molecular formula is C28H27N7O9S2. The van der Waals surface area contributed by atoms with Crippen molar-refractivity contribution in [2.75, 3.05) is 25.0 Å². The van der Waals surface area contributed by atoms with Gasteiger partial charge in [0.25, 0.3) is 20.2 Å². The number of anilines is 2. The van der Waals surface area contributed by atoms with Crippen molar-refractivity contribution >= 4 is 60.4 Å². The molecule has 0 spiro atoms. The Balaban J connectivity index is 1.42. The first kappa shape index (κ1) is 33.5. The van der Waals surface area contributed by atoms with E-state index in [0.29, 0.717) is 34.1 Å². The minimum atomic E-state index is -4.40. The number of azo groups is 2. The molecule has 18 heteroatoms. The summed E-state index contributed by atoms with van der Waals surface area (Å²) >= 11 is 0. The van der Waals surface area contributed by atoms with Crippen molar-refractivity contribution in [3.05, 3.63) is 84.4 Å². The van der Waals surface area contributed by atoms with E-state index >= 15 is 0 Å². The number of rotatable bonds is 11. The third-order valence-corrected chi connectivity index (χ3v) is 7.75. The topological polar surface area (TPSA) is 230 Å². The van der Waals surface area contributed by atoms with Crippen molar-refractivity contribution in [2.24, 2.45) is 20.5 Å². The van der Waals surface area contributed by atoms with Crippen LogP contribution in [-0.4, -0.2) is 46.2 Å².